The molecule has 0 radical (unpaired) electrons. The van der Waals surface area contributed by atoms with Gasteiger partial charge in [-0.05, 0) is 50.5 Å². The van der Waals surface area contributed by atoms with Crippen molar-refractivity contribution >= 4 is 5.97 Å². The molecule has 98 valence electrons. The zero-order valence-electron chi connectivity index (χ0n) is 10.7. The van der Waals surface area contributed by atoms with Gasteiger partial charge in [-0.3, -0.25) is 5.32 Å². The largest absolute Gasteiger partial charge is 0.480 e. The van der Waals surface area contributed by atoms with Gasteiger partial charge in [0, 0.05) is 0 Å². The summed E-state index contributed by atoms with van der Waals surface area (Å²) in [6.07, 6.45) is 2.40. The molecule has 0 aliphatic heterocycles. The van der Waals surface area contributed by atoms with E-state index in [4.69, 9.17) is 0 Å². The summed E-state index contributed by atoms with van der Waals surface area (Å²) in [5.41, 5.74) is 1.20. The predicted octanol–water partition coefficient (Wildman–Crippen LogP) is 1.11. The number of benzene rings is 1. The Hall–Kier alpha value is -1.39. The molecular formula is C14H20N2O2. The lowest BCUT2D eigenvalue weighted by molar-refractivity contribution is -0.145. The van der Waals surface area contributed by atoms with Crippen molar-refractivity contribution in [3.8, 4) is 0 Å². The highest BCUT2D eigenvalue weighted by Gasteiger charge is 2.44. The van der Waals surface area contributed by atoms with Gasteiger partial charge >= 0.3 is 5.97 Å². The molecule has 0 saturated carbocycles. The lowest BCUT2D eigenvalue weighted by Crippen LogP contribution is -2.48. The first-order valence-electron chi connectivity index (χ1n) is 6.42. The van der Waals surface area contributed by atoms with Crippen LogP contribution < -0.4 is 10.6 Å². The van der Waals surface area contributed by atoms with Crippen LogP contribution in [0.15, 0.2) is 24.3 Å². The Labute approximate surface area is 107 Å². The molecule has 2 rings (SSSR count). The van der Waals surface area contributed by atoms with E-state index in [1.165, 1.54) is 0 Å². The number of nitrogens with one attached hydrogen (secondary N) is 2. The van der Waals surface area contributed by atoms with E-state index in [1.807, 2.05) is 31.3 Å². The van der Waals surface area contributed by atoms with Crippen LogP contribution in [-0.2, 0) is 16.8 Å². The zero-order valence-corrected chi connectivity index (χ0v) is 10.7. The van der Waals surface area contributed by atoms with Gasteiger partial charge in [-0.15, -0.1) is 0 Å². The Morgan fingerprint density at radius 3 is 2.89 bits per heavy atom. The van der Waals surface area contributed by atoms with Gasteiger partial charge in [-0.25, -0.2) is 4.79 Å². The monoisotopic (exact) mass is 248 g/mol. The van der Waals surface area contributed by atoms with Crippen LogP contribution in [0, 0.1) is 0 Å². The normalized spacial score (nSPS) is 21.8. The van der Waals surface area contributed by atoms with E-state index >= 15 is 0 Å². The molecule has 0 heterocycles. The van der Waals surface area contributed by atoms with E-state index in [0.29, 0.717) is 13.0 Å². The van der Waals surface area contributed by atoms with Crippen molar-refractivity contribution in [1.29, 1.82) is 0 Å². The summed E-state index contributed by atoms with van der Waals surface area (Å²) < 4.78 is 0. The summed E-state index contributed by atoms with van der Waals surface area (Å²) in [6, 6.07) is 7.84. The van der Waals surface area contributed by atoms with E-state index in [2.05, 4.69) is 10.6 Å². The van der Waals surface area contributed by atoms with Gasteiger partial charge in [0.05, 0.1) is 0 Å². The highest BCUT2D eigenvalue weighted by Crippen LogP contribution is 2.36. The average molecular weight is 248 g/mol. The van der Waals surface area contributed by atoms with Crippen LogP contribution in [0.25, 0.3) is 0 Å². The van der Waals surface area contributed by atoms with E-state index in [0.717, 1.165) is 30.5 Å². The van der Waals surface area contributed by atoms with Gasteiger partial charge in [-0.1, -0.05) is 24.3 Å². The maximum atomic E-state index is 11.7. The average Bonchev–Trinajstić information content (AvgIpc) is 2.75. The number of fused-ring (bicyclic) bond motifs is 1. The topological polar surface area (TPSA) is 61.4 Å². The quantitative estimate of drug-likeness (QED) is 0.660. The Bertz CT molecular complexity index is 434. The van der Waals surface area contributed by atoms with E-state index < -0.39 is 11.5 Å². The second-order valence-corrected chi connectivity index (χ2v) is 4.75. The molecule has 0 bridgehead atoms. The van der Waals surface area contributed by atoms with E-state index in [-0.39, 0.29) is 0 Å². The number of carboxylic acids is 1. The van der Waals surface area contributed by atoms with Crippen LogP contribution in [0.5, 0.6) is 0 Å². The fourth-order valence-corrected chi connectivity index (χ4v) is 2.66. The van der Waals surface area contributed by atoms with Crippen LogP contribution in [-0.4, -0.2) is 31.2 Å². The molecule has 0 saturated heterocycles. The summed E-state index contributed by atoms with van der Waals surface area (Å²) in [5.74, 6) is -0.767. The molecule has 0 fully saturated rings. The number of hydrogen-bond donors (Lipinski definition) is 3. The molecule has 18 heavy (non-hydrogen) atoms. The van der Waals surface area contributed by atoms with Gasteiger partial charge in [0.25, 0.3) is 0 Å². The van der Waals surface area contributed by atoms with Crippen molar-refractivity contribution in [2.45, 2.75) is 24.8 Å². The van der Waals surface area contributed by atoms with E-state index in [9.17, 15) is 9.90 Å². The highest BCUT2D eigenvalue weighted by molar-refractivity contribution is 5.82. The summed E-state index contributed by atoms with van der Waals surface area (Å²) in [4.78, 5) is 11.7. The minimum atomic E-state index is -0.885. The molecule has 1 atom stereocenters. The Morgan fingerprint density at radius 2 is 2.17 bits per heavy atom. The first kappa shape index (κ1) is 13.1. The summed E-state index contributed by atoms with van der Waals surface area (Å²) in [7, 11) is 1.90. The number of aliphatic carboxylic acids is 1. The Morgan fingerprint density at radius 1 is 1.39 bits per heavy atom. The van der Waals surface area contributed by atoms with Crippen molar-refractivity contribution in [2.75, 3.05) is 20.1 Å². The lowest BCUT2D eigenvalue weighted by atomic mass is 9.91. The van der Waals surface area contributed by atoms with Gasteiger partial charge in [0.15, 0.2) is 0 Å². The number of carboxylic acid groups (broad SMARTS) is 1. The van der Waals surface area contributed by atoms with Gasteiger partial charge in [0.2, 0.25) is 0 Å². The van der Waals surface area contributed by atoms with Crippen LogP contribution >= 0.6 is 0 Å². The molecule has 0 spiro atoms. The molecule has 4 heteroatoms. The third-order valence-corrected chi connectivity index (χ3v) is 3.64. The molecule has 0 amide bonds. The third kappa shape index (κ3) is 2.26. The summed E-state index contributed by atoms with van der Waals surface area (Å²) in [6.45, 7) is 1.60. The van der Waals surface area contributed by atoms with Crippen LogP contribution in [0.4, 0.5) is 0 Å². The fourth-order valence-electron chi connectivity index (χ4n) is 2.66. The molecule has 0 aromatic heterocycles. The lowest BCUT2D eigenvalue weighted by Gasteiger charge is -2.27. The summed E-state index contributed by atoms with van der Waals surface area (Å²) >= 11 is 0. The maximum absolute atomic E-state index is 11.7. The molecule has 1 unspecified atom stereocenters. The van der Waals surface area contributed by atoms with Crippen molar-refractivity contribution in [1.82, 2.24) is 10.6 Å². The minimum Gasteiger partial charge on any atom is -0.480 e. The van der Waals surface area contributed by atoms with Gasteiger partial charge in [-0.2, -0.15) is 0 Å². The SMILES string of the molecule is CNCCCNC1(C(=O)O)CCc2ccccc21. The second kappa shape index (κ2) is 5.50. The van der Waals surface area contributed by atoms with Crippen LogP contribution in [0.3, 0.4) is 0 Å². The van der Waals surface area contributed by atoms with E-state index in [1.54, 1.807) is 0 Å². The maximum Gasteiger partial charge on any atom is 0.328 e. The number of rotatable bonds is 6. The number of carbonyl (C=O) groups is 1. The standard InChI is InChI=1S/C14H20N2O2/c1-15-9-4-10-16-14(13(17)18)8-7-11-5-2-3-6-12(11)14/h2-3,5-6,15-16H,4,7-10H2,1H3,(H,17,18). The van der Waals surface area contributed by atoms with Crippen molar-refractivity contribution in [2.24, 2.45) is 0 Å². The van der Waals surface area contributed by atoms with Crippen LogP contribution in [0.2, 0.25) is 0 Å². The van der Waals surface area contributed by atoms with Gasteiger partial charge in [0.1, 0.15) is 5.54 Å². The second-order valence-electron chi connectivity index (χ2n) is 4.75. The highest BCUT2D eigenvalue weighted by atomic mass is 16.4. The molecule has 3 N–H and O–H groups in total. The zero-order chi connectivity index (χ0) is 13.0. The van der Waals surface area contributed by atoms with Crippen molar-refractivity contribution in [3.63, 3.8) is 0 Å². The summed E-state index contributed by atoms with van der Waals surface area (Å²) in [5, 5.41) is 15.9. The first-order chi connectivity index (χ1) is 8.70. The predicted molar refractivity (Wildman–Crippen MR) is 70.6 cm³/mol. The molecule has 1 aliphatic rings. The molecule has 1 aliphatic carbocycles. The molecular weight excluding hydrogens is 228 g/mol. The smallest absolute Gasteiger partial charge is 0.328 e. The minimum absolute atomic E-state index is 0.640. The number of aryl methyl sites for hydroxylation is 1. The van der Waals surface area contributed by atoms with Crippen molar-refractivity contribution in [3.05, 3.63) is 35.4 Å². The third-order valence-electron chi connectivity index (χ3n) is 3.64. The molecule has 1 aromatic rings. The Balaban J connectivity index is 2.17. The molecule has 4 nitrogen and oxygen atoms in total. The van der Waals surface area contributed by atoms with Crippen LogP contribution in [0.1, 0.15) is 24.0 Å². The fraction of sp³-hybridized carbons (Fsp3) is 0.500. The molecule has 1 aromatic carbocycles. The van der Waals surface area contributed by atoms with Crippen molar-refractivity contribution < 1.29 is 9.90 Å². The first-order valence-corrected chi connectivity index (χ1v) is 6.42. The Kier molecular flexibility index (Phi) is 3.99. The van der Waals surface area contributed by atoms with Gasteiger partial charge < -0.3 is 10.4 Å². The number of hydrogen-bond acceptors (Lipinski definition) is 3.